The second-order valence-corrected chi connectivity index (χ2v) is 8.36. The van der Waals surface area contributed by atoms with E-state index in [1.807, 2.05) is 0 Å². The summed E-state index contributed by atoms with van der Waals surface area (Å²) in [4.78, 5) is 29.5. The standard InChI is InChI=1S/C21H16BrF3N4O2S/c1-26-19(30)18-11-15(8-9-27-18)32-14-5-2-12(3-6-14)28-20(31)29-13-4-7-17(22)16(10-13)21(23,24)25/h2-11H,1H3,(H,26,30)(H2,28,29,31). The van der Waals surface area contributed by atoms with E-state index >= 15 is 0 Å². The molecule has 166 valence electrons. The zero-order chi connectivity index (χ0) is 23.3. The van der Waals surface area contributed by atoms with Gasteiger partial charge < -0.3 is 16.0 Å². The molecule has 1 heterocycles. The van der Waals surface area contributed by atoms with Gasteiger partial charge in [0, 0.05) is 38.9 Å². The fourth-order valence-corrected chi connectivity index (χ4v) is 3.90. The van der Waals surface area contributed by atoms with Crippen molar-refractivity contribution in [1.29, 1.82) is 0 Å². The summed E-state index contributed by atoms with van der Waals surface area (Å²) in [5, 5.41) is 7.47. The number of nitrogens with one attached hydrogen (secondary N) is 3. The second kappa shape index (κ2) is 10.0. The van der Waals surface area contributed by atoms with Crippen molar-refractivity contribution in [3.63, 3.8) is 0 Å². The number of alkyl halides is 3. The number of aromatic nitrogens is 1. The Balaban J connectivity index is 1.62. The third kappa shape index (κ3) is 6.24. The van der Waals surface area contributed by atoms with Gasteiger partial charge in [0.1, 0.15) is 5.69 Å². The third-order valence-corrected chi connectivity index (χ3v) is 5.76. The van der Waals surface area contributed by atoms with E-state index in [0.717, 1.165) is 15.9 Å². The molecule has 0 aliphatic carbocycles. The summed E-state index contributed by atoms with van der Waals surface area (Å²) in [5.74, 6) is -0.286. The van der Waals surface area contributed by atoms with Crippen molar-refractivity contribution in [3.05, 3.63) is 76.5 Å². The van der Waals surface area contributed by atoms with E-state index in [4.69, 9.17) is 0 Å². The van der Waals surface area contributed by atoms with Crippen LogP contribution in [0.15, 0.2) is 75.1 Å². The molecular weight excluding hydrogens is 509 g/mol. The van der Waals surface area contributed by atoms with Crippen molar-refractivity contribution < 1.29 is 22.8 Å². The molecule has 0 spiro atoms. The highest BCUT2D eigenvalue weighted by Gasteiger charge is 2.33. The molecule has 3 amide bonds. The van der Waals surface area contributed by atoms with Gasteiger partial charge in [0.05, 0.1) is 5.56 Å². The molecule has 0 atom stereocenters. The quantitative estimate of drug-likeness (QED) is 0.381. The number of carbonyl (C=O) groups is 2. The Morgan fingerprint density at radius 3 is 2.25 bits per heavy atom. The first-order valence-electron chi connectivity index (χ1n) is 9.06. The number of hydrogen-bond donors (Lipinski definition) is 3. The SMILES string of the molecule is CNC(=O)c1cc(Sc2ccc(NC(=O)Nc3ccc(Br)c(C(F)(F)F)c3)cc2)ccn1. The van der Waals surface area contributed by atoms with E-state index in [1.54, 1.807) is 42.6 Å². The van der Waals surface area contributed by atoms with Crippen LogP contribution in [-0.4, -0.2) is 24.0 Å². The van der Waals surface area contributed by atoms with Crippen LogP contribution in [0.5, 0.6) is 0 Å². The van der Waals surface area contributed by atoms with Crippen molar-refractivity contribution >= 4 is 51.0 Å². The van der Waals surface area contributed by atoms with Gasteiger partial charge in [-0.3, -0.25) is 9.78 Å². The number of amides is 3. The topological polar surface area (TPSA) is 83.1 Å². The van der Waals surface area contributed by atoms with Gasteiger partial charge in [-0.2, -0.15) is 13.2 Å². The van der Waals surface area contributed by atoms with Crippen molar-refractivity contribution in [2.75, 3.05) is 17.7 Å². The zero-order valence-electron chi connectivity index (χ0n) is 16.5. The normalized spacial score (nSPS) is 11.0. The molecular formula is C21H16BrF3N4O2S. The van der Waals surface area contributed by atoms with E-state index in [9.17, 15) is 22.8 Å². The Kier molecular flexibility index (Phi) is 7.41. The minimum Gasteiger partial charge on any atom is -0.354 e. The van der Waals surface area contributed by atoms with Crippen molar-refractivity contribution in [3.8, 4) is 0 Å². The Morgan fingerprint density at radius 1 is 0.938 bits per heavy atom. The molecule has 3 rings (SSSR count). The molecule has 0 aliphatic rings. The van der Waals surface area contributed by atoms with Crippen LogP contribution >= 0.6 is 27.7 Å². The van der Waals surface area contributed by atoms with Gasteiger partial charge >= 0.3 is 12.2 Å². The molecule has 2 aromatic carbocycles. The Bertz CT molecular complexity index is 1140. The highest BCUT2D eigenvalue weighted by Crippen LogP contribution is 2.36. The van der Waals surface area contributed by atoms with Crippen LogP contribution < -0.4 is 16.0 Å². The number of nitrogens with zero attached hydrogens (tertiary/aromatic N) is 1. The van der Waals surface area contributed by atoms with Gasteiger partial charge in [-0.1, -0.05) is 27.7 Å². The van der Waals surface area contributed by atoms with E-state index in [0.29, 0.717) is 11.4 Å². The molecule has 1 aromatic heterocycles. The summed E-state index contributed by atoms with van der Waals surface area (Å²) in [7, 11) is 1.53. The molecule has 0 fully saturated rings. The van der Waals surface area contributed by atoms with Gasteiger partial charge in [-0.05, 0) is 54.6 Å². The van der Waals surface area contributed by atoms with Crippen LogP contribution in [0.2, 0.25) is 0 Å². The molecule has 11 heteroatoms. The number of anilines is 2. The predicted octanol–water partition coefficient (Wildman–Crippen LogP) is 6.02. The molecule has 0 radical (unpaired) electrons. The minimum atomic E-state index is -4.55. The highest BCUT2D eigenvalue weighted by atomic mass is 79.9. The number of carbonyl (C=O) groups excluding carboxylic acids is 2. The van der Waals surface area contributed by atoms with Crippen LogP contribution in [0.1, 0.15) is 16.1 Å². The minimum absolute atomic E-state index is 0.00908. The Morgan fingerprint density at radius 2 is 1.59 bits per heavy atom. The molecule has 0 aliphatic heterocycles. The molecule has 0 unspecified atom stereocenters. The number of halogens is 4. The summed E-state index contributed by atoms with van der Waals surface area (Å²) in [6.07, 6.45) is -3.00. The number of benzene rings is 2. The van der Waals surface area contributed by atoms with Crippen LogP contribution in [0.4, 0.5) is 29.3 Å². The zero-order valence-corrected chi connectivity index (χ0v) is 18.9. The lowest BCUT2D eigenvalue weighted by molar-refractivity contribution is -0.138. The van der Waals surface area contributed by atoms with Crippen molar-refractivity contribution in [1.82, 2.24) is 10.3 Å². The Labute approximate surface area is 194 Å². The van der Waals surface area contributed by atoms with Crippen molar-refractivity contribution in [2.24, 2.45) is 0 Å². The smallest absolute Gasteiger partial charge is 0.354 e. The van der Waals surface area contributed by atoms with Gasteiger partial charge in [0.25, 0.3) is 5.91 Å². The van der Waals surface area contributed by atoms with Crippen LogP contribution in [0.3, 0.4) is 0 Å². The molecule has 3 aromatic rings. The van der Waals surface area contributed by atoms with Crippen LogP contribution in [-0.2, 0) is 6.18 Å². The average Bonchev–Trinajstić information content (AvgIpc) is 2.75. The lowest BCUT2D eigenvalue weighted by atomic mass is 10.2. The van der Waals surface area contributed by atoms with Crippen molar-refractivity contribution in [2.45, 2.75) is 16.0 Å². The first-order chi connectivity index (χ1) is 15.2. The molecule has 6 nitrogen and oxygen atoms in total. The van der Waals surface area contributed by atoms with E-state index in [1.165, 1.54) is 30.9 Å². The van der Waals surface area contributed by atoms with E-state index < -0.39 is 17.8 Å². The number of hydrogen-bond acceptors (Lipinski definition) is 4. The number of rotatable bonds is 5. The summed E-state index contributed by atoms with van der Waals surface area (Å²) in [6.45, 7) is 0. The fourth-order valence-electron chi connectivity index (χ4n) is 2.58. The van der Waals surface area contributed by atoms with Crippen LogP contribution in [0.25, 0.3) is 0 Å². The lowest BCUT2D eigenvalue weighted by Gasteiger charge is -2.12. The fraction of sp³-hybridized carbons (Fsp3) is 0.0952. The van der Waals surface area contributed by atoms with E-state index in [-0.39, 0.29) is 16.1 Å². The summed E-state index contributed by atoms with van der Waals surface area (Å²) in [5.41, 5.74) is -0.114. The maximum absolute atomic E-state index is 13.0. The molecule has 0 bridgehead atoms. The first-order valence-corrected chi connectivity index (χ1v) is 10.7. The summed E-state index contributed by atoms with van der Waals surface area (Å²) >= 11 is 4.26. The monoisotopic (exact) mass is 524 g/mol. The second-order valence-electron chi connectivity index (χ2n) is 6.35. The largest absolute Gasteiger partial charge is 0.417 e. The third-order valence-electron chi connectivity index (χ3n) is 4.07. The maximum atomic E-state index is 13.0. The predicted molar refractivity (Wildman–Crippen MR) is 120 cm³/mol. The number of pyridine rings is 1. The van der Waals surface area contributed by atoms with Gasteiger partial charge in [-0.15, -0.1) is 0 Å². The molecule has 32 heavy (non-hydrogen) atoms. The summed E-state index contributed by atoms with van der Waals surface area (Å²) in [6, 6.07) is 13.0. The first kappa shape index (κ1) is 23.6. The maximum Gasteiger partial charge on any atom is 0.417 e. The number of urea groups is 1. The molecule has 3 N–H and O–H groups in total. The average molecular weight is 525 g/mol. The lowest BCUT2D eigenvalue weighted by Crippen LogP contribution is -2.19. The van der Waals surface area contributed by atoms with E-state index in [2.05, 4.69) is 36.9 Å². The Hall–Kier alpha value is -3.05. The van der Waals surface area contributed by atoms with Gasteiger partial charge in [0.2, 0.25) is 0 Å². The van der Waals surface area contributed by atoms with Gasteiger partial charge in [0.15, 0.2) is 0 Å². The van der Waals surface area contributed by atoms with Gasteiger partial charge in [-0.25, -0.2) is 4.79 Å². The molecule has 0 saturated heterocycles. The highest BCUT2D eigenvalue weighted by molar-refractivity contribution is 9.10. The molecule has 0 saturated carbocycles. The summed E-state index contributed by atoms with van der Waals surface area (Å²) < 4.78 is 38.9. The van der Waals surface area contributed by atoms with Crippen LogP contribution in [0, 0.1) is 0 Å².